The number of hydroxylamine groups is 2. The smallest absolute Gasteiger partial charge is 0.329 e. The first-order valence-electron chi connectivity index (χ1n) is 3.29. The van der Waals surface area contributed by atoms with Crippen LogP contribution in [-0.4, -0.2) is 22.8 Å². The van der Waals surface area contributed by atoms with Gasteiger partial charge in [0.15, 0.2) is 0 Å². The van der Waals surface area contributed by atoms with Crippen LogP contribution in [0.15, 0.2) is 12.2 Å². The Kier molecular flexibility index (Phi) is 2.40. The fraction of sp³-hybridized carbons (Fsp3) is 0.143. The van der Waals surface area contributed by atoms with Crippen molar-refractivity contribution in [3.63, 3.8) is 0 Å². The predicted octanol–water partition coefficient (Wildman–Crippen LogP) is -0.717. The van der Waals surface area contributed by atoms with Crippen LogP contribution in [0.1, 0.15) is 6.42 Å². The van der Waals surface area contributed by atoms with Crippen LogP contribution < -0.4 is 0 Å². The first-order chi connectivity index (χ1) is 6.15. The standard InChI is InChI=1S/C7H4N2O4/c8-4-3-7(12)13-9-5(10)1-2-6(9)11/h1-2H,3H2. The molecule has 0 unspecified atom stereocenters. The quantitative estimate of drug-likeness (QED) is 0.523. The third kappa shape index (κ3) is 1.90. The van der Waals surface area contributed by atoms with Gasteiger partial charge in [-0.1, -0.05) is 5.06 Å². The summed E-state index contributed by atoms with van der Waals surface area (Å²) < 4.78 is 0. The van der Waals surface area contributed by atoms with Gasteiger partial charge in [-0.2, -0.15) is 5.26 Å². The minimum Gasteiger partial charge on any atom is -0.329 e. The summed E-state index contributed by atoms with van der Waals surface area (Å²) in [6.45, 7) is 0. The van der Waals surface area contributed by atoms with Gasteiger partial charge in [-0.25, -0.2) is 4.79 Å². The number of rotatable bonds is 2. The van der Waals surface area contributed by atoms with E-state index < -0.39 is 24.2 Å². The van der Waals surface area contributed by atoms with Crippen molar-refractivity contribution in [3.8, 4) is 6.07 Å². The molecule has 2 amide bonds. The maximum Gasteiger partial charge on any atom is 0.347 e. The van der Waals surface area contributed by atoms with Gasteiger partial charge in [0.25, 0.3) is 11.8 Å². The summed E-state index contributed by atoms with van der Waals surface area (Å²) in [5, 5.41) is 8.39. The van der Waals surface area contributed by atoms with E-state index in [1.54, 1.807) is 0 Å². The highest BCUT2D eigenvalue weighted by molar-refractivity contribution is 6.12. The first kappa shape index (κ1) is 8.93. The molecule has 0 spiro atoms. The van der Waals surface area contributed by atoms with Crippen molar-refractivity contribution in [2.45, 2.75) is 6.42 Å². The van der Waals surface area contributed by atoms with Crippen LogP contribution in [0.25, 0.3) is 0 Å². The number of carbonyl (C=O) groups excluding carboxylic acids is 3. The van der Waals surface area contributed by atoms with Crippen LogP contribution in [0.5, 0.6) is 0 Å². The van der Waals surface area contributed by atoms with Crippen molar-refractivity contribution < 1.29 is 19.2 Å². The lowest BCUT2D eigenvalue weighted by Crippen LogP contribution is -2.32. The van der Waals surface area contributed by atoms with E-state index in [0.29, 0.717) is 5.06 Å². The Balaban J connectivity index is 2.56. The van der Waals surface area contributed by atoms with Gasteiger partial charge in [0.1, 0.15) is 6.42 Å². The number of carbonyl (C=O) groups is 3. The molecular formula is C7H4N2O4. The lowest BCUT2D eigenvalue weighted by Gasteiger charge is -2.10. The molecule has 6 heteroatoms. The highest BCUT2D eigenvalue weighted by atomic mass is 16.7. The second-order valence-electron chi connectivity index (χ2n) is 2.10. The largest absolute Gasteiger partial charge is 0.347 e. The van der Waals surface area contributed by atoms with Crippen molar-refractivity contribution in [1.82, 2.24) is 5.06 Å². The summed E-state index contributed by atoms with van der Waals surface area (Å²) in [7, 11) is 0. The van der Waals surface area contributed by atoms with Gasteiger partial charge in [0.2, 0.25) is 0 Å². The summed E-state index contributed by atoms with van der Waals surface area (Å²) in [4.78, 5) is 36.5. The summed E-state index contributed by atoms with van der Waals surface area (Å²) in [5.41, 5.74) is 0. The zero-order chi connectivity index (χ0) is 9.84. The molecule has 0 bridgehead atoms. The molecule has 0 saturated heterocycles. The van der Waals surface area contributed by atoms with Gasteiger partial charge < -0.3 is 4.84 Å². The minimum atomic E-state index is -0.937. The summed E-state index contributed by atoms with van der Waals surface area (Å²) in [6.07, 6.45) is 1.45. The number of amides is 2. The molecule has 0 fully saturated rings. The van der Waals surface area contributed by atoms with Gasteiger partial charge in [-0.05, 0) is 0 Å². The van der Waals surface area contributed by atoms with Gasteiger partial charge in [-0.15, -0.1) is 0 Å². The van der Waals surface area contributed by atoms with Crippen molar-refractivity contribution in [1.29, 1.82) is 5.26 Å². The maximum atomic E-state index is 10.8. The lowest BCUT2D eigenvalue weighted by atomic mass is 10.5. The van der Waals surface area contributed by atoms with Gasteiger partial charge in [0.05, 0.1) is 6.07 Å². The van der Waals surface area contributed by atoms with Crippen LogP contribution >= 0.6 is 0 Å². The van der Waals surface area contributed by atoms with Crippen molar-refractivity contribution in [2.75, 3.05) is 0 Å². The monoisotopic (exact) mass is 180 g/mol. The molecule has 6 nitrogen and oxygen atoms in total. The molecule has 1 aliphatic rings. The Hall–Kier alpha value is -2.16. The van der Waals surface area contributed by atoms with Crippen LogP contribution in [-0.2, 0) is 19.2 Å². The highest BCUT2D eigenvalue weighted by Gasteiger charge is 2.27. The normalized spacial score (nSPS) is 14.5. The Bertz CT molecular complexity index is 321. The van der Waals surface area contributed by atoms with Crippen molar-refractivity contribution in [2.24, 2.45) is 0 Å². The Morgan fingerprint density at radius 2 is 2.00 bits per heavy atom. The van der Waals surface area contributed by atoms with E-state index in [2.05, 4.69) is 4.84 Å². The van der Waals surface area contributed by atoms with E-state index in [1.165, 1.54) is 6.07 Å². The van der Waals surface area contributed by atoms with Gasteiger partial charge in [0, 0.05) is 12.2 Å². The fourth-order valence-electron chi connectivity index (χ4n) is 0.675. The Morgan fingerprint density at radius 3 is 2.46 bits per heavy atom. The zero-order valence-electron chi connectivity index (χ0n) is 6.39. The third-order valence-electron chi connectivity index (χ3n) is 1.19. The SMILES string of the molecule is N#CCC(=O)ON1C(=O)C=CC1=O. The van der Waals surface area contributed by atoms with Crippen molar-refractivity contribution >= 4 is 17.8 Å². The lowest BCUT2D eigenvalue weighted by molar-refractivity contribution is -0.195. The van der Waals surface area contributed by atoms with Crippen LogP contribution in [0.4, 0.5) is 0 Å². The van der Waals surface area contributed by atoms with E-state index in [-0.39, 0.29) is 0 Å². The van der Waals surface area contributed by atoms with Crippen LogP contribution in [0.2, 0.25) is 0 Å². The number of imide groups is 1. The molecule has 0 aromatic carbocycles. The Morgan fingerprint density at radius 1 is 1.46 bits per heavy atom. The number of hydrogen-bond acceptors (Lipinski definition) is 5. The molecule has 0 saturated carbocycles. The van der Waals surface area contributed by atoms with Crippen LogP contribution in [0, 0.1) is 11.3 Å². The molecule has 1 heterocycles. The summed E-state index contributed by atoms with van der Waals surface area (Å²) >= 11 is 0. The second kappa shape index (κ2) is 3.49. The highest BCUT2D eigenvalue weighted by Crippen LogP contribution is 2.04. The number of nitrogens with zero attached hydrogens (tertiary/aromatic N) is 2. The maximum absolute atomic E-state index is 10.8. The average Bonchev–Trinajstić information content (AvgIpc) is 2.36. The van der Waals surface area contributed by atoms with Gasteiger partial charge in [-0.3, -0.25) is 9.59 Å². The van der Waals surface area contributed by atoms with Gasteiger partial charge >= 0.3 is 5.97 Å². The van der Waals surface area contributed by atoms with Crippen LogP contribution in [0.3, 0.4) is 0 Å². The molecule has 0 aromatic heterocycles. The second-order valence-corrected chi connectivity index (χ2v) is 2.10. The molecule has 13 heavy (non-hydrogen) atoms. The zero-order valence-corrected chi connectivity index (χ0v) is 6.39. The summed E-state index contributed by atoms with van der Waals surface area (Å²) in [6, 6.07) is 1.53. The molecule has 1 rings (SSSR count). The molecule has 1 aliphatic heterocycles. The Labute approximate surface area is 72.9 Å². The topological polar surface area (TPSA) is 87.5 Å². The van der Waals surface area contributed by atoms with E-state index in [1.807, 2.05) is 0 Å². The molecule has 0 aliphatic carbocycles. The van der Waals surface area contributed by atoms with E-state index in [9.17, 15) is 14.4 Å². The first-order valence-corrected chi connectivity index (χ1v) is 3.29. The number of hydrogen-bond donors (Lipinski definition) is 0. The van der Waals surface area contributed by atoms with E-state index >= 15 is 0 Å². The molecule has 0 atom stereocenters. The predicted molar refractivity (Wildman–Crippen MR) is 37.3 cm³/mol. The third-order valence-corrected chi connectivity index (χ3v) is 1.19. The minimum absolute atomic E-state index is 0.305. The molecule has 0 aromatic rings. The van der Waals surface area contributed by atoms with Crippen molar-refractivity contribution in [3.05, 3.63) is 12.2 Å². The molecule has 66 valence electrons. The fourth-order valence-corrected chi connectivity index (χ4v) is 0.675. The number of nitriles is 1. The average molecular weight is 180 g/mol. The molecular weight excluding hydrogens is 176 g/mol. The molecule has 0 radical (unpaired) electrons. The summed E-state index contributed by atoms with van der Waals surface area (Å²) in [5.74, 6) is -2.39. The van der Waals surface area contributed by atoms with E-state index in [4.69, 9.17) is 5.26 Å². The molecule has 0 N–H and O–H groups in total. The van der Waals surface area contributed by atoms with E-state index in [0.717, 1.165) is 12.2 Å².